The average molecular weight is 2080 g/mol. The highest BCUT2D eigenvalue weighted by Crippen LogP contribution is 2.45. The predicted octanol–water partition coefficient (Wildman–Crippen LogP) is 23.6. The fraction of sp³-hybridized carbons (Fsp3) is 0.354. The van der Waals surface area contributed by atoms with E-state index in [9.17, 15) is 48.9 Å². The van der Waals surface area contributed by atoms with Gasteiger partial charge in [0.1, 0.15) is 41.9 Å². The Bertz CT molecular complexity index is 5970. The van der Waals surface area contributed by atoms with E-state index in [0.717, 1.165) is 123 Å². The zero-order chi connectivity index (χ0) is 100.0. The number of hydrogen-bond donors (Lipinski definition) is 3. The van der Waals surface area contributed by atoms with Gasteiger partial charge < -0.3 is 62.7 Å². The van der Waals surface area contributed by atoms with Crippen LogP contribution in [0, 0.1) is 81.1 Å². The van der Waals surface area contributed by atoms with E-state index in [-0.39, 0.29) is 29.5 Å². The maximum atomic E-state index is 13.0. The van der Waals surface area contributed by atoms with E-state index in [2.05, 4.69) is 199 Å². The number of halogens is 3. The third-order valence-electron chi connectivity index (χ3n) is 24.3. The lowest BCUT2D eigenvalue weighted by Crippen LogP contribution is -2.55. The maximum absolute atomic E-state index is 13.0. The second-order valence-corrected chi connectivity index (χ2v) is 39.6. The van der Waals surface area contributed by atoms with E-state index in [1.807, 2.05) is 151 Å². The Hall–Kier alpha value is -10.6. The largest absolute Gasteiger partial charge is 0.508 e. The molecule has 15 rings (SSSR count). The minimum absolute atomic E-state index is 0.226. The molecule has 2 unspecified atom stereocenters. The number of esters is 5. The van der Waals surface area contributed by atoms with Crippen molar-refractivity contribution in [1.29, 1.82) is 0 Å². The number of aromatic hydroxyl groups is 1. The minimum atomic E-state index is -1.21. The summed E-state index contributed by atoms with van der Waals surface area (Å²) in [7, 11) is 0. The van der Waals surface area contributed by atoms with Gasteiger partial charge in [-0.15, -0.1) is 11.8 Å². The first-order valence-electron chi connectivity index (χ1n) is 45.6. The van der Waals surface area contributed by atoms with Crippen LogP contribution in [-0.4, -0.2) is 130 Å². The molecular formula is C113H125Br3O20S. The molecular weight excluding hydrogens is 1950 g/mol. The van der Waals surface area contributed by atoms with Crippen LogP contribution < -0.4 is 0 Å². The number of phenolic OH excluding ortho intramolecular Hbond substituents is 1. The van der Waals surface area contributed by atoms with Crippen LogP contribution in [0.5, 0.6) is 5.75 Å². The highest BCUT2D eigenvalue weighted by molar-refractivity contribution is 9.11. The summed E-state index contributed by atoms with van der Waals surface area (Å²) in [6.45, 7) is 34.3. The molecule has 724 valence electrons. The van der Waals surface area contributed by atoms with Gasteiger partial charge in [-0.25, -0.2) is 0 Å². The molecule has 4 aliphatic rings. The first-order valence-corrected chi connectivity index (χ1v) is 49.2. The number of hydrogen-bond acceptors (Lipinski definition) is 21. The second-order valence-electron chi connectivity index (χ2n) is 35.9. The number of fused-ring (bicyclic) bond motifs is 1. The molecule has 24 heteroatoms. The normalized spacial score (nSPS) is 21.1. The second kappa shape index (κ2) is 50.3. The number of aliphatic hydroxyl groups is 2. The number of carbonyl (C=O) groups is 7. The van der Waals surface area contributed by atoms with Crippen molar-refractivity contribution in [3.05, 3.63) is 377 Å². The van der Waals surface area contributed by atoms with Crippen molar-refractivity contribution in [3.8, 4) is 5.75 Å². The molecule has 0 bridgehead atoms. The Morgan fingerprint density at radius 2 is 0.796 bits per heavy atom. The number of aryl methyl sites for hydroxylation is 10. The van der Waals surface area contributed by atoms with Gasteiger partial charge in [0.15, 0.2) is 36.2 Å². The molecule has 0 aliphatic carbocycles. The number of phenols is 1. The number of ether oxygens (including phenoxy) is 10. The fourth-order valence-electron chi connectivity index (χ4n) is 16.5. The summed E-state index contributed by atoms with van der Waals surface area (Å²) in [5, 5.41) is 30.5. The van der Waals surface area contributed by atoms with Crippen LogP contribution in [0.3, 0.4) is 0 Å². The molecule has 11 aromatic carbocycles. The van der Waals surface area contributed by atoms with Crippen LogP contribution in [0.2, 0.25) is 0 Å². The van der Waals surface area contributed by atoms with Crippen LogP contribution >= 0.6 is 59.6 Å². The zero-order valence-electron chi connectivity index (χ0n) is 81.3. The number of benzene rings is 11. The number of carbonyl (C=O) groups excluding carboxylic acids is 7. The molecule has 4 heterocycles. The quantitative estimate of drug-likeness (QED) is 0.0261. The molecule has 0 aromatic heterocycles. The Morgan fingerprint density at radius 1 is 0.423 bits per heavy atom. The Kier molecular flexibility index (Phi) is 39.8. The molecule has 15 atom stereocenters. The third-order valence-corrected chi connectivity index (χ3v) is 26.6. The summed E-state index contributed by atoms with van der Waals surface area (Å²) >= 11 is 11.7. The van der Waals surface area contributed by atoms with Crippen LogP contribution in [0.4, 0.5) is 0 Å². The number of ketones is 1. The fourth-order valence-corrected chi connectivity index (χ4v) is 18.4. The van der Waals surface area contributed by atoms with Gasteiger partial charge in [0, 0.05) is 71.0 Å². The van der Waals surface area contributed by atoms with Gasteiger partial charge in [0.05, 0.1) is 12.2 Å². The minimum Gasteiger partial charge on any atom is -0.508 e. The van der Waals surface area contributed by atoms with Crippen molar-refractivity contribution in [2.45, 2.75) is 242 Å². The molecule has 4 fully saturated rings. The van der Waals surface area contributed by atoms with E-state index in [0.29, 0.717) is 5.56 Å². The summed E-state index contributed by atoms with van der Waals surface area (Å²) in [6, 6.07) is 76.6. The van der Waals surface area contributed by atoms with E-state index in [4.69, 9.17) is 47.4 Å². The van der Waals surface area contributed by atoms with Gasteiger partial charge in [-0.05, 0) is 270 Å². The number of rotatable bonds is 21. The summed E-state index contributed by atoms with van der Waals surface area (Å²) in [4.78, 5) is 82.3. The highest BCUT2D eigenvalue weighted by Gasteiger charge is 2.57. The summed E-state index contributed by atoms with van der Waals surface area (Å²) in [6.07, 6.45) is -3.35. The van der Waals surface area contributed by atoms with Gasteiger partial charge in [-0.2, -0.15) is 0 Å². The molecule has 4 saturated heterocycles. The summed E-state index contributed by atoms with van der Waals surface area (Å²) in [5.74, 6) is -4.02. The van der Waals surface area contributed by atoms with E-state index < -0.39 is 109 Å². The van der Waals surface area contributed by atoms with Crippen molar-refractivity contribution >= 4 is 101 Å². The molecule has 4 aliphatic heterocycles. The van der Waals surface area contributed by atoms with E-state index in [1.54, 1.807) is 32.0 Å². The number of aliphatic hydroxyl groups excluding tert-OH is 2. The van der Waals surface area contributed by atoms with Crippen molar-refractivity contribution < 1.29 is 96.2 Å². The third kappa shape index (κ3) is 31.2. The molecule has 11 aromatic rings. The molecule has 137 heavy (non-hydrogen) atoms. The van der Waals surface area contributed by atoms with Crippen LogP contribution in [0.1, 0.15) is 224 Å². The Labute approximate surface area is 835 Å². The number of aldehydes is 1. The molecule has 3 N–H and O–H groups in total. The molecule has 0 spiro atoms. The van der Waals surface area contributed by atoms with Gasteiger partial charge in [-0.3, -0.25) is 33.6 Å². The smallest absolute Gasteiger partial charge is 0.305 e. The first-order chi connectivity index (χ1) is 64.9. The zero-order valence-corrected chi connectivity index (χ0v) is 86.9. The Morgan fingerprint density at radius 3 is 1.23 bits per heavy atom. The number of Topliss-reactive ketones (excluding diaryl/α,β-unsaturated/α-hetero) is 1. The van der Waals surface area contributed by atoms with E-state index in [1.165, 1.54) is 96.5 Å². The lowest BCUT2D eigenvalue weighted by atomic mass is 9.85. The molecule has 20 nitrogen and oxygen atoms in total. The van der Waals surface area contributed by atoms with Crippen molar-refractivity contribution in [3.63, 3.8) is 0 Å². The monoisotopic (exact) mass is 2070 g/mol. The van der Waals surface area contributed by atoms with Gasteiger partial charge >= 0.3 is 29.8 Å². The van der Waals surface area contributed by atoms with Crippen molar-refractivity contribution in [1.82, 2.24) is 0 Å². The lowest BCUT2D eigenvalue weighted by Gasteiger charge is -2.44. The standard InChI is InChI=1S/C27H32O7.C25H30O6S.C23H26O5.C15H15BrO.C15H15Br.C8H7BrO/c1-15-7-10-21(11-8-15)13-23-14-22(12-9-16(23)2)24-17(3)25(31-18(4)28)26(32-19(5)29)27(34-24)33-20(6)30;1-14-6-9-19(13-20(14)12-18-7-10-21(28)11-8-18)22-15(2)23(29-16(3)26)24(30-17(4)27)25(31-22)32-5;1-13-5-8-15(9-6-13)11-17-12-16(10-7-14(17)2)18(24)20-19(25)21-22(26-20)28-23(3,4)27-21;1-10-3-6-12(7-4-10)15(17)14-9-13(16)8-5-11(14)2;1-11-3-6-13(7-4-11)9-14-10-15(16)8-5-12(14)2;1-6-2-3-8(9)4-7(6)5-10/h7-12,14,17,24-27H,13H2,1-6H3;6-11,13,15,22-25,28H,12H2,1-5H3;5-10,12,19-22,25H,11H2,1-4H3;3-9,15,17H,1-2H3;3-8,10H,9H2,1-2H3;2-5H,1H3/t17-,24+,25+,26-,27?;15-,22+,23+,24-,25+;19-,20+,21+,22+;;;/m001.../s1. The lowest BCUT2D eigenvalue weighted by molar-refractivity contribution is -0.283. The van der Waals surface area contributed by atoms with Crippen LogP contribution in [0.25, 0.3) is 0 Å². The Balaban J connectivity index is 0.000000176. The highest BCUT2D eigenvalue weighted by atomic mass is 79.9. The van der Waals surface area contributed by atoms with Crippen molar-refractivity contribution in [2.24, 2.45) is 11.8 Å². The average Bonchev–Trinajstić information content (AvgIpc) is 1.64. The predicted molar refractivity (Wildman–Crippen MR) is 544 cm³/mol. The van der Waals surface area contributed by atoms with Gasteiger partial charge in [-0.1, -0.05) is 260 Å². The van der Waals surface area contributed by atoms with Crippen LogP contribution in [0.15, 0.2) is 244 Å². The van der Waals surface area contributed by atoms with E-state index >= 15 is 0 Å². The van der Waals surface area contributed by atoms with Gasteiger partial charge in [0.25, 0.3) is 0 Å². The summed E-state index contributed by atoms with van der Waals surface area (Å²) < 4.78 is 60.1. The molecule has 0 amide bonds. The van der Waals surface area contributed by atoms with Crippen molar-refractivity contribution in [2.75, 3.05) is 6.26 Å². The topological polar surface area (TPSA) is 272 Å². The first kappa shape index (κ1) is 108. The maximum Gasteiger partial charge on any atom is 0.305 e. The SMILES string of the molecule is CC(=O)OC1O[C@@H](c2ccc(C)c(Cc3ccc(C)cc3)c2)[C@H](C)[C@@H](OC(C)=O)[C@@H]1OC(C)=O.CS[C@H]1O[C@@H](c2ccc(C)c(Cc3ccc(O)cc3)c2)[C@H](C)[C@@H](OC(C)=O)[C@@H]1OC(C)=O.Cc1ccc(Br)cc1C=O.Cc1ccc(C(O)c2cc(Br)ccc2C)cc1.Cc1ccc(Cc2cc(Br)ccc2C)cc1.Cc1ccc(Cc2cc(C(=O)[C@@H]3O[C@H]4OC(C)(C)O[C@H]4[C@@H]3O)ccc2C)cc1. The van der Waals surface area contributed by atoms with Crippen LogP contribution in [-0.2, 0) is 97.0 Å². The number of thioether (sulfide) groups is 1. The molecule has 0 radical (unpaired) electrons. The van der Waals surface area contributed by atoms with Gasteiger partial charge in [0.2, 0.25) is 12.4 Å². The summed E-state index contributed by atoms with van der Waals surface area (Å²) in [5.41, 5.74) is 25.9. The molecule has 0 saturated carbocycles.